The molecule has 0 N–H and O–H groups in total. The van der Waals surface area contributed by atoms with Gasteiger partial charge < -0.3 is 9.47 Å². The van der Waals surface area contributed by atoms with Crippen molar-refractivity contribution >= 4 is 5.78 Å². The zero-order valence-electron chi connectivity index (χ0n) is 9.50. The number of Topliss-reactive ketones (excluding diaryl/α,β-unsaturated/α-hetero) is 1. The summed E-state index contributed by atoms with van der Waals surface area (Å²) in [5.74, 6) is 1.86. The first-order valence-corrected chi connectivity index (χ1v) is 5.56. The molecule has 1 fully saturated rings. The van der Waals surface area contributed by atoms with E-state index in [4.69, 9.17) is 9.47 Å². The average Bonchev–Trinajstić information content (AvgIpc) is 2.90. The predicted molar refractivity (Wildman–Crippen MR) is 58.9 cm³/mol. The van der Waals surface area contributed by atoms with E-state index in [1.807, 2.05) is 19.1 Å². The van der Waals surface area contributed by atoms with E-state index in [0.29, 0.717) is 0 Å². The summed E-state index contributed by atoms with van der Waals surface area (Å²) in [4.78, 5) is 11.7. The van der Waals surface area contributed by atoms with Crippen molar-refractivity contribution in [1.82, 2.24) is 0 Å². The largest absolute Gasteiger partial charge is 0.454 e. The number of carbonyl (C=O) groups excluding carboxylic acids is 1. The Morgan fingerprint density at radius 3 is 2.69 bits per heavy atom. The Morgan fingerprint density at radius 2 is 2.06 bits per heavy atom. The molecular formula is C13H14O3. The zero-order chi connectivity index (χ0) is 11.3. The molecule has 0 atom stereocenters. The van der Waals surface area contributed by atoms with Crippen LogP contribution in [0, 0.1) is 6.92 Å². The monoisotopic (exact) mass is 218 g/mol. The molecule has 0 unspecified atom stereocenters. The summed E-state index contributed by atoms with van der Waals surface area (Å²) in [6.07, 6.45) is 1.92. The van der Waals surface area contributed by atoms with Crippen LogP contribution in [0.3, 0.4) is 0 Å². The molecule has 0 amide bonds. The van der Waals surface area contributed by atoms with E-state index in [9.17, 15) is 4.79 Å². The Bertz CT molecular complexity index is 472. The highest BCUT2D eigenvalue weighted by Gasteiger charge is 2.50. The van der Waals surface area contributed by atoms with Crippen molar-refractivity contribution in [3.05, 3.63) is 23.3 Å². The lowest BCUT2D eigenvalue weighted by Crippen LogP contribution is -2.18. The molecule has 1 aromatic carbocycles. The van der Waals surface area contributed by atoms with Gasteiger partial charge in [-0.05, 0) is 43.9 Å². The van der Waals surface area contributed by atoms with Crippen LogP contribution in [-0.4, -0.2) is 12.6 Å². The van der Waals surface area contributed by atoms with Crippen LogP contribution in [0.4, 0.5) is 0 Å². The van der Waals surface area contributed by atoms with Gasteiger partial charge in [0.2, 0.25) is 6.79 Å². The Kier molecular flexibility index (Phi) is 1.82. The molecule has 1 saturated carbocycles. The molecule has 84 valence electrons. The lowest BCUT2D eigenvalue weighted by molar-refractivity contribution is -0.119. The maximum absolute atomic E-state index is 11.7. The lowest BCUT2D eigenvalue weighted by atomic mass is 9.88. The van der Waals surface area contributed by atoms with Crippen LogP contribution in [0.5, 0.6) is 11.5 Å². The summed E-state index contributed by atoms with van der Waals surface area (Å²) in [5, 5.41) is 0. The SMILES string of the molecule is CC(=O)C1(c2ccc3c(c2C)OCO3)CC1. The van der Waals surface area contributed by atoms with Crippen molar-refractivity contribution in [2.45, 2.75) is 32.1 Å². The Balaban J connectivity index is 2.13. The van der Waals surface area contributed by atoms with Crippen LogP contribution >= 0.6 is 0 Å². The van der Waals surface area contributed by atoms with E-state index in [0.717, 1.165) is 35.5 Å². The number of fused-ring (bicyclic) bond motifs is 1. The molecular weight excluding hydrogens is 204 g/mol. The van der Waals surface area contributed by atoms with E-state index in [1.54, 1.807) is 6.92 Å². The van der Waals surface area contributed by atoms with Crippen molar-refractivity contribution in [3.8, 4) is 11.5 Å². The number of carbonyl (C=O) groups is 1. The quantitative estimate of drug-likeness (QED) is 0.764. The van der Waals surface area contributed by atoms with Crippen LogP contribution in [0.1, 0.15) is 30.9 Å². The van der Waals surface area contributed by atoms with E-state index < -0.39 is 0 Å². The van der Waals surface area contributed by atoms with Crippen LogP contribution < -0.4 is 9.47 Å². The van der Waals surface area contributed by atoms with Gasteiger partial charge >= 0.3 is 0 Å². The molecule has 0 radical (unpaired) electrons. The molecule has 0 aromatic heterocycles. The second-order valence-electron chi connectivity index (χ2n) is 4.61. The number of ketones is 1. The maximum atomic E-state index is 11.7. The van der Waals surface area contributed by atoms with Gasteiger partial charge in [-0.2, -0.15) is 0 Å². The summed E-state index contributed by atoms with van der Waals surface area (Å²) < 4.78 is 10.8. The van der Waals surface area contributed by atoms with Gasteiger partial charge in [-0.15, -0.1) is 0 Å². The first kappa shape index (κ1) is 9.70. The highest BCUT2D eigenvalue weighted by Crippen LogP contribution is 2.52. The van der Waals surface area contributed by atoms with Gasteiger partial charge in [0, 0.05) is 0 Å². The minimum Gasteiger partial charge on any atom is -0.454 e. The number of hydrogen-bond acceptors (Lipinski definition) is 3. The fraction of sp³-hybridized carbons (Fsp3) is 0.462. The molecule has 0 spiro atoms. The summed E-state index contributed by atoms with van der Waals surface area (Å²) in [6.45, 7) is 3.97. The van der Waals surface area contributed by atoms with Crippen molar-refractivity contribution in [3.63, 3.8) is 0 Å². The minimum absolute atomic E-state index is 0.231. The van der Waals surface area contributed by atoms with E-state index in [-0.39, 0.29) is 18.0 Å². The molecule has 1 aromatic rings. The predicted octanol–water partition coefficient (Wildman–Crippen LogP) is 2.34. The Morgan fingerprint density at radius 1 is 1.31 bits per heavy atom. The highest BCUT2D eigenvalue weighted by molar-refractivity contribution is 5.91. The topological polar surface area (TPSA) is 35.5 Å². The van der Waals surface area contributed by atoms with Crippen molar-refractivity contribution in [2.75, 3.05) is 6.79 Å². The molecule has 1 aliphatic heterocycles. The molecule has 16 heavy (non-hydrogen) atoms. The molecule has 1 heterocycles. The normalized spacial score (nSPS) is 19.6. The van der Waals surface area contributed by atoms with Crippen LogP contribution in [0.25, 0.3) is 0 Å². The van der Waals surface area contributed by atoms with Gasteiger partial charge in [-0.3, -0.25) is 4.79 Å². The summed E-state index contributed by atoms with van der Waals surface area (Å²) in [5.41, 5.74) is 1.94. The molecule has 2 aliphatic rings. The first-order chi connectivity index (χ1) is 7.65. The molecule has 3 rings (SSSR count). The zero-order valence-corrected chi connectivity index (χ0v) is 9.50. The van der Waals surface area contributed by atoms with E-state index in [1.165, 1.54) is 0 Å². The summed E-state index contributed by atoms with van der Waals surface area (Å²) in [6, 6.07) is 3.92. The van der Waals surface area contributed by atoms with Crippen molar-refractivity contribution < 1.29 is 14.3 Å². The number of hydrogen-bond donors (Lipinski definition) is 0. The average molecular weight is 218 g/mol. The standard InChI is InChI=1S/C13H14O3/c1-8-10(13(5-6-13)9(2)14)3-4-11-12(8)16-7-15-11/h3-4H,5-7H2,1-2H3. The number of ether oxygens (including phenoxy) is 2. The van der Waals surface area contributed by atoms with Crippen molar-refractivity contribution in [2.24, 2.45) is 0 Å². The van der Waals surface area contributed by atoms with Gasteiger partial charge in [-0.25, -0.2) is 0 Å². The Hall–Kier alpha value is -1.51. The van der Waals surface area contributed by atoms with Crippen LogP contribution in [0.2, 0.25) is 0 Å². The molecule has 1 aliphatic carbocycles. The second-order valence-corrected chi connectivity index (χ2v) is 4.61. The van der Waals surface area contributed by atoms with Gasteiger partial charge in [0.1, 0.15) is 5.78 Å². The smallest absolute Gasteiger partial charge is 0.231 e. The second kappa shape index (κ2) is 3.00. The molecule has 0 bridgehead atoms. The fourth-order valence-corrected chi connectivity index (χ4v) is 2.57. The third-order valence-electron chi connectivity index (χ3n) is 3.73. The first-order valence-electron chi connectivity index (χ1n) is 5.56. The van der Waals surface area contributed by atoms with Gasteiger partial charge in [0.05, 0.1) is 5.41 Å². The van der Waals surface area contributed by atoms with E-state index in [2.05, 4.69) is 0 Å². The van der Waals surface area contributed by atoms with Gasteiger partial charge in [-0.1, -0.05) is 6.07 Å². The third-order valence-corrected chi connectivity index (χ3v) is 3.73. The third kappa shape index (κ3) is 1.11. The highest BCUT2D eigenvalue weighted by atomic mass is 16.7. The molecule has 0 saturated heterocycles. The van der Waals surface area contributed by atoms with Crippen molar-refractivity contribution in [1.29, 1.82) is 0 Å². The summed E-state index contributed by atoms with van der Waals surface area (Å²) in [7, 11) is 0. The molecule has 3 heteroatoms. The fourth-order valence-electron chi connectivity index (χ4n) is 2.57. The number of benzene rings is 1. The lowest BCUT2D eigenvalue weighted by Gasteiger charge is -2.16. The van der Waals surface area contributed by atoms with Crippen LogP contribution in [-0.2, 0) is 10.2 Å². The van der Waals surface area contributed by atoms with E-state index >= 15 is 0 Å². The minimum atomic E-state index is -0.231. The molecule has 3 nitrogen and oxygen atoms in total. The van der Waals surface area contributed by atoms with Crippen LogP contribution in [0.15, 0.2) is 12.1 Å². The van der Waals surface area contributed by atoms with Gasteiger partial charge in [0.15, 0.2) is 11.5 Å². The van der Waals surface area contributed by atoms with Gasteiger partial charge in [0.25, 0.3) is 0 Å². The maximum Gasteiger partial charge on any atom is 0.231 e. The Labute approximate surface area is 94.4 Å². The summed E-state index contributed by atoms with van der Waals surface area (Å²) >= 11 is 0. The number of rotatable bonds is 2.